The monoisotopic (exact) mass is 277 g/mol. The Balaban J connectivity index is 2.23. The van der Waals surface area contributed by atoms with Gasteiger partial charge < -0.3 is 14.8 Å². The van der Waals surface area contributed by atoms with Crippen LogP contribution in [0.5, 0.6) is 11.5 Å². The highest BCUT2D eigenvalue weighted by Gasteiger charge is 2.25. The van der Waals surface area contributed by atoms with Crippen LogP contribution >= 0.6 is 0 Å². The summed E-state index contributed by atoms with van der Waals surface area (Å²) in [6.07, 6.45) is 6.76. The lowest BCUT2D eigenvalue weighted by molar-refractivity contribution is 0.273. The predicted molar refractivity (Wildman–Crippen MR) is 82.5 cm³/mol. The molecule has 3 nitrogen and oxygen atoms in total. The Morgan fingerprint density at radius 1 is 1.10 bits per heavy atom. The van der Waals surface area contributed by atoms with E-state index in [0.29, 0.717) is 6.04 Å². The summed E-state index contributed by atoms with van der Waals surface area (Å²) in [6, 6.07) is 6.74. The Bertz CT molecular complexity index is 413. The van der Waals surface area contributed by atoms with Gasteiger partial charge in [-0.05, 0) is 43.0 Å². The lowest BCUT2D eigenvalue weighted by atomic mass is 9.81. The van der Waals surface area contributed by atoms with Crippen molar-refractivity contribution in [3.8, 4) is 11.5 Å². The Morgan fingerprint density at radius 2 is 1.80 bits per heavy atom. The van der Waals surface area contributed by atoms with Gasteiger partial charge in [0.1, 0.15) is 0 Å². The lowest BCUT2D eigenvalue weighted by Crippen LogP contribution is -2.29. The summed E-state index contributed by atoms with van der Waals surface area (Å²) in [5, 5.41) is 3.66. The summed E-state index contributed by atoms with van der Waals surface area (Å²) < 4.78 is 10.8. The van der Waals surface area contributed by atoms with E-state index in [0.717, 1.165) is 24.0 Å². The highest BCUT2D eigenvalue weighted by Crippen LogP contribution is 2.37. The summed E-state index contributed by atoms with van der Waals surface area (Å²) >= 11 is 0. The number of hydrogen-bond donors (Lipinski definition) is 1. The van der Waals surface area contributed by atoms with E-state index >= 15 is 0 Å². The van der Waals surface area contributed by atoms with Gasteiger partial charge >= 0.3 is 0 Å². The molecule has 0 aromatic heterocycles. The van der Waals surface area contributed by atoms with Crippen LogP contribution in [0.25, 0.3) is 0 Å². The number of benzene rings is 1. The molecule has 0 spiro atoms. The number of nitrogens with one attached hydrogen (secondary N) is 1. The summed E-state index contributed by atoms with van der Waals surface area (Å²) in [5.41, 5.74) is 1.32. The topological polar surface area (TPSA) is 30.5 Å². The molecule has 1 unspecified atom stereocenters. The van der Waals surface area contributed by atoms with Crippen molar-refractivity contribution in [3.05, 3.63) is 23.8 Å². The Kier molecular flexibility index (Phi) is 5.72. The van der Waals surface area contributed by atoms with E-state index in [4.69, 9.17) is 9.47 Å². The highest BCUT2D eigenvalue weighted by atomic mass is 16.5. The van der Waals surface area contributed by atoms with Crippen molar-refractivity contribution in [2.45, 2.75) is 45.1 Å². The third-order valence-electron chi connectivity index (χ3n) is 4.31. The minimum Gasteiger partial charge on any atom is -0.493 e. The van der Waals surface area contributed by atoms with Gasteiger partial charge in [0.05, 0.1) is 14.2 Å². The SMILES string of the molecule is CCNC(c1ccc(OC)c(OC)c1)C1CCCCC1. The second-order valence-electron chi connectivity index (χ2n) is 5.55. The van der Waals surface area contributed by atoms with E-state index in [-0.39, 0.29) is 0 Å². The fraction of sp³-hybridized carbons (Fsp3) is 0.647. The Labute approximate surface area is 122 Å². The molecule has 0 heterocycles. The minimum atomic E-state index is 0.431. The van der Waals surface area contributed by atoms with Crippen LogP contribution in [0.4, 0.5) is 0 Å². The zero-order valence-corrected chi connectivity index (χ0v) is 12.9. The van der Waals surface area contributed by atoms with Crippen molar-refractivity contribution < 1.29 is 9.47 Å². The summed E-state index contributed by atoms with van der Waals surface area (Å²) in [7, 11) is 3.38. The molecule has 1 fully saturated rings. The van der Waals surface area contributed by atoms with Gasteiger partial charge in [0.15, 0.2) is 11.5 Å². The standard InChI is InChI=1S/C17H27NO2/c1-4-18-17(13-8-6-5-7-9-13)14-10-11-15(19-2)16(12-14)20-3/h10-13,17-18H,4-9H2,1-3H3. The van der Waals surface area contributed by atoms with Gasteiger partial charge in [-0.3, -0.25) is 0 Å². The molecule has 1 atom stereocenters. The maximum Gasteiger partial charge on any atom is 0.161 e. The minimum absolute atomic E-state index is 0.431. The van der Waals surface area contributed by atoms with Crippen molar-refractivity contribution in [2.24, 2.45) is 5.92 Å². The number of hydrogen-bond acceptors (Lipinski definition) is 3. The van der Waals surface area contributed by atoms with Gasteiger partial charge in [-0.25, -0.2) is 0 Å². The van der Waals surface area contributed by atoms with Crippen molar-refractivity contribution in [1.29, 1.82) is 0 Å². The molecule has 1 aromatic carbocycles. The quantitative estimate of drug-likeness (QED) is 0.854. The Morgan fingerprint density at radius 3 is 2.40 bits per heavy atom. The molecule has 2 rings (SSSR count). The van der Waals surface area contributed by atoms with E-state index in [2.05, 4.69) is 24.4 Å². The van der Waals surface area contributed by atoms with Crippen molar-refractivity contribution in [1.82, 2.24) is 5.32 Å². The maximum atomic E-state index is 5.44. The summed E-state index contributed by atoms with van der Waals surface area (Å²) in [5.74, 6) is 2.36. The number of ether oxygens (including phenoxy) is 2. The predicted octanol–water partition coefficient (Wildman–Crippen LogP) is 3.93. The lowest BCUT2D eigenvalue weighted by Gasteiger charge is -2.31. The molecule has 1 aliphatic rings. The second kappa shape index (κ2) is 7.53. The zero-order chi connectivity index (χ0) is 14.4. The molecule has 0 bridgehead atoms. The number of methoxy groups -OCH3 is 2. The molecule has 0 amide bonds. The van der Waals surface area contributed by atoms with Crippen LogP contribution in [0.15, 0.2) is 18.2 Å². The first-order valence-corrected chi connectivity index (χ1v) is 7.75. The molecule has 20 heavy (non-hydrogen) atoms. The molecule has 3 heteroatoms. The molecule has 112 valence electrons. The maximum absolute atomic E-state index is 5.44. The van der Waals surface area contributed by atoms with Gasteiger partial charge in [0, 0.05) is 6.04 Å². The highest BCUT2D eigenvalue weighted by molar-refractivity contribution is 5.44. The van der Waals surface area contributed by atoms with Gasteiger partial charge in [-0.2, -0.15) is 0 Å². The fourth-order valence-electron chi connectivity index (χ4n) is 3.29. The van der Waals surface area contributed by atoms with Crippen molar-refractivity contribution in [2.75, 3.05) is 20.8 Å². The Hall–Kier alpha value is -1.22. The molecule has 0 aliphatic heterocycles. The van der Waals surface area contributed by atoms with Crippen LogP contribution < -0.4 is 14.8 Å². The average Bonchev–Trinajstić information content (AvgIpc) is 2.52. The summed E-state index contributed by atoms with van der Waals surface area (Å²) in [4.78, 5) is 0. The van der Waals surface area contributed by atoms with Gasteiger partial charge in [-0.15, -0.1) is 0 Å². The molecular formula is C17H27NO2. The van der Waals surface area contributed by atoms with E-state index in [1.54, 1.807) is 14.2 Å². The van der Waals surface area contributed by atoms with Gasteiger partial charge in [0.25, 0.3) is 0 Å². The first-order valence-electron chi connectivity index (χ1n) is 7.75. The molecule has 1 N–H and O–H groups in total. The van der Waals surface area contributed by atoms with Crippen molar-refractivity contribution in [3.63, 3.8) is 0 Å². The molecule has 0 saturated heterocycles. The molecular weight excluding hydrogens is 250 g/mol. The van der Waals surface area contributed by atoms with Crippen LogP contribution in [-0.2, 0) is 0 Å². The van der Waals surface area contributed by atoms with Crippen LogP contribution in [0.2, 0.25) is 0 Å². The third kappa shape index (κ3) is 3.45. The smallest absolute Gasteiger partial charge is 0.161 e. The first kappa shape index (κ1) is 15.2. The summed E-state index contributed by atoms with van der Waals surface area (Å²) in [6.45, 7) is 3.17. The molecule has 1 aliphatic carbocycles. The largest absolute Gasteiger partial charge is 0.493 e. The van der Waals surface area contributed by atoms with E-state index in [1.807, 2.05) is 6.07 Å². The van der Waals surface area contributed by atoms with Crippen LogP contribution in [0.3, 0.4) is 0 Å². The van der Waals surface area contributed by atoms with Crippen LogP contribution in [0.1, 0.15) is 50.6 Å². The van der Waals surface area contributed by atoms with Gasteiger partial charge in [0.2, 0.25) is 0 Å². The molecule has 1 saturated carbocycles. The molecule has 1 aromatic rings. The fourth-order valence-corrected chi connectivity index (χ4v) is 3.29. The zero-order valence-electron chi connectivity index (χ0n) is 12.9. The van der Waals surface area contributed by atoms with E-state index in [9.17, 15) is 0 Å². The average molecular weight is 277 g/mol. The van der Waals surface area contributed by atoms with E-state index in [1.165, 1.54) is 37.7 Å². The van der Waals surface area contributed by atoms with Gasteiger partial charge in [-0.1, -0.05) is 32.3 Å². The normalized spacial score (nSPS) is 17.8. The van der Waals surface area contributed by atoms with Crippen molar-refractivity contribution >= 4 is 0 Å². The molecule has 0 radical (unpaired) electrons. The second-order valence-corrected chi connectivity index (χ2v) is 5.55. The third-order valence-corrected chi connectivity index (χ3v) is 4.31. The van der Waals surface area contributed by atoms with E-state index < -0.39 is 0 Å². The van der Waals surface area contributed by atoms with Crippen LogP contribution in [-0.4, -0.2) is 20.8 Å². The van der Waals surface area contributed by atoms with Crippen LogP contribution in [0, 0.1) is 5.92 Å². The number of rotatable bonds is 6. The first-order chi connectivity index (χ1) is 9.80.